The lowest BCUT2D eigenvalue weighted by atomic mass is 9.99. The molecule has 0 saturated carbocycles. The second-order valence-corrected chi connectivity index (χ2v) is 10.2. The van der Waals surface area contributed by atoms with E-state index in [0.717, 1.165) is 60.8 Å². The average molecular weight is 461 g/mol. The Labute approximate surface area is 202 Å². The number of fused-ring (bicyclic) bond motifs is 1. The zero-order chi connectivity index (χ0) is 23.5. The molecular weight excluding hydrogens is 424 g/mol. The standard InChI is InChI=1S/C27H36N6O/c1-20-8-12-33(13-9-20)18-24(34)16-23-15-22-14-21(6-7-26(22)30-29-23)25-17-28-31(2)27(25)19-32-10-4-3-5-11-32/h6-7,14-15,17,20H,3-5,8-13,16,18-19H2,1-2H3. The Morgan fingerprint density at radius 1 is 1.00 bits per heavy atom. The number of aryl methyl sites for hydroxylation is 1. The summed E-state index contributed by atoms with van der Waals surface area (Å²) in [6.07, 6.45) is 8.56. The Balaban J connectivity index is 1.32. The topological polar surface area (TPSA) is 67.2 Å². The highest BCUT2D eigenvalue weighted by Gasteiger charge is 2.19. The Morgan fingerprint density at radius 2 is 1.79 bits per heavy atom. The molecule has 7 heteroatoms. The monoisotopic (exact) mass is 460 g/mol. The van der Waals surface area contributed by atoms with Crippen LogP contribution in [0.5, 0.6) is 0 Å². The van der Waals surface area contributed by atoms with Gasteiger partial charge in [-0.05, 0) is 81.5 Å². The fourth-order valence-electron chi connectivity index (χ4n) is 5.29. The number of aromatic nitrogens is 4. The molecule has 180 valence electrons. The largest absolute Gasteiger partial charge is 0.298 e. The summed E-state index contributed by atoms with van der Waals surface area (Å²) in [6, 6.07) is 8.33. The molecule has 2 fully saturated rings. The number of hydrogen-bond donors (Lipinski definition) is 0. The summed E-state index contributed by atoms with van der Waals surface area (Å²) in [4.78, 5) is 17.5. The van der Waals surface area contributed by atoms with Crippen LogP contribution in [0.2, 0.25) is 0 Å². The Hall–Kier alpha value is -2.64. The minimum Gasteiger partial charge on any atom is -0.298 e. The molecule has 34 heavy (non-hydrogen) atoms. The molecule has 0 aliphatic carbocycles. The normalized spacial score (nSPS) is 18.5. The van der Waals surface area contributed by atoms with Gasteiger partial charge in [-0.1, -0.05) is 19.4 Å². The van der Waals surface area contributed by atoms with E-state index in [1.165, 1.54) is 43.4 Å². The first-order valence-corrected chi connectivity index (χ1v) is 12.8. The molecule has 2 aliphatic rings. The quantitative estimate of drug-likeness (QED) is 0.533. The van der Waals surface area contributed by atoms with E-state index in [0.29, 0.717) is 13.0 Å². The molecule has 0 atom stereocenters. The molecule has 0 unspecified atom stereocenters. The van der Waals surface area contributed by atoms with Crippen LogP contribution in [0.4, 0.5) is 0 Å². The van der Waals surface area contributed by atoms with Crippen LogP contribution in [0.15, 0.2) is 30.5 Å². The number of carbonyl (C=O) groups is 1. The van der Waals surface area contributed by atoms with Crippen LogP contribution in [0.1, 0.15) is 50.4 Å². The first-order valence-electron chi connectivity index (χ1n) is 12.8. The van der Waals surface area contributed by atoms with Crippen LogP contribution >= 0.6 is 0 Å². The summed E-state index contributed by atoms with van der Waals surface area (Å²) in [5, 5.41) is 14.3. The smallest absolute Gasteiger partial charge is 0.152 e. The molecule has 7 nitrogen and oxygen atoms in total. The Kier molecular flexibility index (Phi) is 7.02. The van der Waals surface area contributed by atoms with Crippen LogP contribution in [0.3, 0.4) is 0 Å². The summed E-state index contributed by atoms with van der Waals surface area (Å²) in [5.41, 5.74) is 5.16. The van der Waals surface area contributed by atoms with E-state index in [1.807, 2.05) is 30.1 Å². The van der Waals surface area contributed by atoms with Gasteiger partial charge in [-0.15, -0.1) is 0 Å². The fourth-order valence-corrected chi connectivity index (χ4v) is 5.29. The van der Waals surface area contributed by atoms with Crippen molar-refractivity contribution in [1.82, 2.24) is 29.8 Å². The van der Waals surface area contributed by atoms with Gasteiger partial charge in [-0.2, -0.15) is 15.3 Å². The van der Waals surface area contributed by atoms with Gasteiger partial charge < -0.3 is 0 Å². The molecular formula is C27H36N6O. The molecule has 0 amide bonds. The highest BCUT2D eigenvalue weighted by Crippen LogP contribution is 2.28. The zero-order valence-electron chi connectivity index (χ0n) is 20.5. The van der Waals surface area contributed by atoms with Crippen molar-refractivity contribution >= 4 is 16.7 Å². The van der Waals surface area contributed by atoms with Gasteiger partial charge in [0.25, 0.3) is 0 Å². The maximum absolute atomic E-state index is 12.7. The first kappa shape index (κ1) is 23.1. The third-order valence-electron chi connectivity index (χ3n) is 7.48. The number of piperidine rings is 2. The molecule has 0 bridgehead atoms. The lowest BCUT2D eigenvalue weighted by Crippen LogP contribution is -2.37. The maximum atomic E-state index is 12.7. The molecule has 5 rings (SSSR count). The van der Waals surface area contributed by atoms with Gasteiger partial charge in [-0.25, -0.2) is 0 Å². The van der Waals surface area contributed by atoms with Gasteiger partial charge in [0.2, 0.25) is 0 Å². The fraction of sp³-hybridized carbons (Fsp3) is 0.556. The summed E-state index contributed by atoms with van der Waals surface area (Å²) >= 11 is 0. The summed E-state index contributed by atoms with van der Waals surface area (Å²) in [7, 11) is 2.03. The van der Waals surface area contributed by atoms with E-state index in [-0.39, 0.29) is 5.78 Å². The van der Waals surface area contributed by atoms with E-state index >= 15 is 0 Å². The van der Waals surface area contributed by atoms with Crippen LogP contribution in [-0.2, 0) is 24.8 Å². The molecule has 0 radical (unpaired) electrons. The van der Waals surface area contributed by atoms with Gasteiger partial charge >= 0.3 is 0 Å². The third kappa shape index (κ3) is 5.36. The van der Waals surface area contributed by atoms with Crippen molar-refractivity contribution in [3.63, 3.8) is 0 Å². The van der Waals surface area contributed by atoms with Gasteiger partial charge in [-0.3, -0.25) is 19.3 Å². The number of benzene rings is 1. The van der Waals surface area contributed by atoms with Gasteiger partial charge in [0.15, 0.2) is 5.78 Å². The van der Waals surface area contributed by atoms with Crippen molar-refractivity contribution in [3.8, 4) is 11.1 Å². The second-order valence-electron chi connectivity index (χ2n) is 10.2. The summed E-state index contributed by atoms with van der Waals surface area (Å²) in [6.45, 7) is 8.09. The van der Waals surface area contributed by atoms with Crippen molar-refractivity contribution < 1.29 is 4.79 Å². The molecule has 3 aromatic rings. The molecule has 0 N–H and O–H groups in total. The van der Waals surface area contributed by atoms with Gasteiger partial charge in [0.05, 0.1) is 36.1 Å². The van der Waals surface area contributed by atoms with E-state index in [1.54, 1.807) is 0 Å². The highest BCUT2D eigenvalue weighted by atomic mass is 16.1. The number of carbonyl (C=O) groups excluding carboxylic acids is 1. The van der Waals surface area contributed by atoms with Crippen molar-refractivity contribution in [1.29, 1.82) is 0 Å². The second kappa shape index (κ2) is 10.3. The van der Waals surface area contributed by atoms with Crippen molar-refractivity contribution in [3.05, 3.63) is 41.9 Å². The summed E-state index contributed by atoms with van der Waals surface area (Å²) in [5.74, 6) is 0.988. The number of rotatable bonds is 7. The number of hydrogen-bond acceptors (Lipinski definition) is 6. The number of likely N-dealkylation sites (tertiary alicyclic amines) is 2. The molecule has 2 aliphatic heterocycles. The minimum absolute atomic E-state index is 0.218. The Bertz CT molecular complexity index is 1140. The van der Waals surface area contributed by atoms with Gasteiger partial charge in [0, 0.05) is 24.5 Å². The van der Waals surface area contributed by atoms with E-state index in [2.05, 4.69) is 44.2 Å². The van der Waals surface area contributed by atoms with E-state index < -0.39 is 0 Å². The highest BCUT2D eigenvalue weighted by molar-refractivity contribution is 5.86. The molecule has 2 saturated heterocycles. The zero-order valence-corrected chi connectivity index (χ0v) is 20.5. The molecule has 2 aromatic heterocycles. The van der Waals surface area contributed by atoms with Crippen molar-refractivity contribution in [2.24, 2.45) is 13.0 Å². The molecule has 0 spiro atoms. The molecule has 4 heterocycles. The lowest BCUT2D eigenvalue weighted by molar-refractivity contribution is -0.119. The van der Waals surface area contributed by atoms with Crippen molar-refractivity contribution in [2.75, 3.05) is 32.7 Å². The predicted octanol–water partition coefficient (Wildman–Crippen LogP) is 3.86. The third-order valence-corrected chi connectivity index (χ3v) is 7.48. The van der Waals surface area contributed by atoms with Crippen LogP contribution < -0.4 is 0 Å². The SMILES string of the molecule is CC1CCN(CC(=O)Cc2cc3cc(-c4cnn(C)c4CN4CCCCC4)ccc3nn2)CC1. The molecule has 1 aromatic carbocycles. The first-order chi connectivity index (χ1) is 16.5. The maximum Gasteiger partial charge on any atom is 0.152 e. The average Bonchev–Trinajstić information content (AvgIpc) is 3.20. The van der Waals surface area contributed by atoms with Crippen LogP contribution in [-0.4, -0.2) is 68.3 Å². The number of nitrogens with zero attached hydrogens (tertiary/aromatic N) is 6. The Morgan fingerprint density at radius 3 is 2.59 bits per heavy atom. The van der Waals surface area contributed by atoms with Gasteiger partial charge in [0.1, 0.15) is 0 Å². The minimum atomic E-state index is 0.218. The van der Waals surface area contributed by atoms with E-state index in [4.69, 9.17) is 0 Å². The summed E-state index contributed by atoms with van der Waals surface area (Å²) < 4.78 is 2.00. The number of ketones is 1. The van der Waals surface area contributed by atoms with Crippen LogP contribution in [0, 0.1) is 5.92 Å². The van der Waals surface area contributed by atoms with Crippen LogP contribution in [0.25, 0.3) is 22.0 Å². The predicted molar refractivity (Wildman–Crippen MR) is 134 cm³/mol. The lowest BCUT2D eigenvalue weighted by Gasteiger charge is -2.29. The number of Topliss-reactive ketones (excluding diaryl/α,β-unsaturated/α-hetero) is 1. The van der Waals surface area contributed by atoms with Crippen molar-refractivity contribution in [2.45, 2.75) is 52.0 Å². The van der Waals surface area contributed by atoms with E-state index in [9.17, 15) is 4.79 Å².